The molecule has 0 aliphatic heterocycles. The third-order valence-electron chi connectivity index (χ3n) is 2.73. The van der Waals surface area contributed by atoms with Gasteiger partial charge in [0.25, 0.3) is 5.91 Å². The first-order valence-electron chi connectivity index (χ1n) is 5.99. The Morgan fingerprint density at radius 2 is 1.90 bits per heavy atom. The highest BCUT2D eigenvalue weighted by Gasteiger charge is 2.16. The first-order chi connectivity index (χ1) is 9.99. The number of hydrogen-bond donors (Lipinski definition) is 1. The Bertz CT molecular complexity index is 703. The Kier molecular flexibility index (Phi) is 4.55. The van der Waals surface area contributed by atoms with Crippen LogP contribution < -0.4 is 10.5 Å². The van der Waals surface area contributed by atoms with Gasteiger partial charge in [-0.1, -0.05) is 29.8 Å². The van der Waals surface area contributed by atoms with Gasteiger partial charge in [0.1, 0.15) is 17.1 Å². The van der Waals surface area contributed by atoms with E-state index >= 15 is 0 Å². The van der Waals surface area contributed by atoms with E-state index in [2.05, 4.69) is 0 Å². The molecule has 2 aromatic rings. The molecule has 0 aromatic heterocycles. The van der Waals surface area contributed by atoms with Gasteiger partial charge < -0.3 is 10.5 Å². The van der Waals surface area contributed by atoms with Gasteiger partial charge in [-0.25, -0.2) is 4.39 Å². The molecular formula is C15H11ClFNO3. The monoisotopic (exact) mass is 307 g/mol. The predicted molar refractivity (Wildman–Crippen MR) is 76.2 cm³/mol. The smallest absolute Gasteiger partial charge is 0.255 e. The Morgan fingerprint density at radius 1 is 1.19 bits per heavy atom. The molecule has 0 saturated heterocycles. The van der Waals surface area contributed by atoms with E-state index in [-0.39, 0.29) is 23.7 Å². The fourth-order valence-electron chi connectivity index (χ4n) is 1.75. The Balaban J connectivity index is 2.15. The number of Topliss-reactive ketones (excluding diaryl/α,β-unsaturated/α-hetero) is 1. The van der Waals surface area contributed by atoms with Crippen LogP contribution in [0.25, 0.3) is 0 Å². The van der Waals surface area contributed by atoms with Crippen molar-refractivity contribution in [2.24, 2.45) is 5.73 Å². The Hall–Kier alpha value is -2.40. The van der Waals surface area contributed by atoms with Crippen LogP contribution in [-0.2, 0) is 0 Å². The number of benzene rings is 2. The average molecular weight is 308 g/mol. The fourth-order valence-corrected chi connectivity index (χ4v) is 1.94. The summed E-state index contributed by atoms with van der Waals surface area (Å²) in [6, 6.07) is 10.2. The molecule has 1 amide bonds. The lowest BCUT2D eigenvalue weighted by Crippen LogP contribution is -2.18. The summed E-state index contributed by atoms with van der Waals surface area (Å²) < 4.78 is 18.7. The number of hydrogen-bond acceptors (Lipinski definition) is 3. The van der Waals surface area contributed by atoms with Gasteiger partial charge in [-0.3, -0.25) is 9.59 Å². The standard InChI is InChI=1S/C15H11ClFNO3/c16-10-4-1-3-9(7-10)12(19)8-21-13-6-2-5-11(17)14(13)15(18)20/h1-7H,8H2,(H2,18,20). The van der Waals surface area contributed by atoms with Gasteiger partial charge >= 0.3 is 0 Å². The van der Waals surface area contributed by atoms with E-state index in [1.807, 2.05) is 0 Å². The molecule has 0 fully saturated rings. The lowest BCUT2D eigenvalue weighted by atomic mass is 10.1. The molecule has 0 bridgehead atoms. The summed E-state index contributed by atoms with van der Waals surface area (Å²) in [6.45, 7) is -0.357. The highest BCUT2D eigenvalue weighted by Crippen LogP contribution is 2.21. The van der Waals surface area contributed by atoms with Crippen molar-refractivity contribution in [1.82, 2.24) is 0 Å². The zero-order valence-electron chi connectivity index (χ0n) is 10.8. The van der Waals surface area contributed by atoms with Gasteiger partial charge in [0.15, 0.2) is 12.4 Å². The number of carbonyl (C=O) groups excluding carboxylic acids is 2. The van der Waals surface area contributed by atoms with Crippen LogP contribution >= 0.6 is 11.6 Å². The highest BCUT2D eigenvalue weighted by molar-refractivity contribution is 6.31. The summed E-state index contributed by atoms with van der Waals surface area (Å²) in [5, 5.41) is 0.421. The van der Waals surface area contributed by atoms with E-state index in [0.29, 0.717) is 10.6 Å². The quantitative estimate of drug-likeness (QED) is 0.864. The number of rotatable bonds is 5. The number of primary amides is 1. The third-order valence-corrected chi connectivity index (χ3v) is 2.96. The summed E-state index contributed by atoms with van der Waals surface area (Å²) in [4.78, 5) is 23.1. The van der Waals surface area contributed by atoms with E-state index in [1.54, 1.807) is 18.2 Å². The van der Waals surface area contributed by atoms with Gasteiger partial charge in [-0.05, 0) is 24.3 Å². The third kappa shape index (κ3) is 3.58. The molecule has 2 N–H and O–H groups in total. The van der Waals surface area contributed by atoms with E-state index in [0.717, 1.165) is 6.07 Å². The lowest BCUT2D eigenvalue weighted by Gasteiger charge is -2.09. The van der Waals surface area contributed by atoms with Crippen molar-refractivity contribution in [2.75, 3.05) is 6.61 Å². The molecule has 21 heavy (non-hydrogen) atoms. The number of amides is 1. The van der Waals surface area contributed by atoms with Gasteiger partial charge in [0, 0.05) is 10.6 Å². The second kappa shape index (κ2) is 6.37. The lowest BCUT2D eigenvalue weighted by molar-refractivity contribution is 0.0911. The van der Waals surface area contributed by atoms with Crippen molar-refractivity contribution in [3.05, 3.63) is 64.4 Å². The van der Waals surface area contributed by atoms with Gasteiger partial charge in [-0.2, -0.15) is 0 Å². The molecule has 4 nitrogen and oxygen atoms in total. The van der Waals surface area contributed by atoms with Crippen LogP contribution in [0.1, 0.15) is 20.7 Å². The number of carbonyl (C=O) groups is 2. The maximum Gasteiger partial charge on any atom is 0.255 e. The molecule has 2 rings (SSSR count). The van der Waals surface area contributed by atoms with Crippen LogP contribution in [0.4, 0.5) is 4.39 Å². The molecule has 2 aromatic carbocycles. The molecule has 0 radical (unpaired) electrons. The topological polar surface area (TPSA) is 69.4 Å². The maximum atomic E-state index is 13.5. The molecule has 0 aliphatic carbocycles. The molecule has 108 valence electrons. The van der Waals surface area contributed by atoms with Gasteiger partial charge in [0.05, 0.1) is 0 Å². The molecule has 0 saturated carbocycles. The SMILES string of the molecule is NC(=O)c1c(F)cccc1OCC(=O)c1cccc(Cl)c1. The van der Waals surface area contributed by atoms with Crippen molar-refractivity contribution >= 4 is 23.3 Å². The van der Waals surface area contributed by atoms with E-state index in [4.69, 9.17) is 22.1 Å². The van der Waals surface area contributed by atoms with Crippen LogP contribution in [0, 0.1) is 5.82 Å². The van der Waals surface area contributed by atoms with Crippen LogP contribution in [0.5, 0.6) is 5.75 Å². The number of ether oxygens (including phenoxy) is 1. The second-order valence-corrected chi connectivity index (χ2v) is 4.64. The average Bonchev–Trinajstić information content (AvgIpc) is 2.44. The maximum absolute atomic E-state index is 13.5. The van der Waals surface area contributed by atoms with Crippen molar-refractivity contribution in [3.8, 4) is 5.75 Å². The second-order valence-electron chi connectivity index (χ2n) is 4.20. The largest absolute Gasteiger partial charge is 0.484 e. The van der Waals surface area contributed by atoms with Gasteiger partial charge in [-0.15, -0.1) is 0 Å². The van der Waals surface area contributed by atoms with Gasteiger partial charge in [0.2, 0.25) is 0 Å². The van der Waals surface area contributed by atoms with Crippen LogP contribution in [0.15, 0.2) is 42.5 Å². The predicted octanol–water partition coefficient (Wildman–Crippen LogP) is 2.84. The minimum atomic E-state index is -0.960. The van der Waals surface area contributed by atoms with Crippen LogP contribution in [0.2, 0.25) is 5.02 Å². The Morgan fingerprint density at radius 3 is 2.57 bits per heavy atom. The molecular weight excluding hydrogens is 297 g/mol. The van der Waals surface area contributed by atoms with Crippen LogP contribution in [0.3, 0.4) is 0 Å². The number of nitrogens with two attached hydrogens (primary N) is 1. The Labute approximate surface area is 125 Å². The van der Waals surface area contributed by atoms with E-state index in [9.17, 15) is 14.0 Å². The zero-order chi connectivity index (χ0) is 15.4. The summed E-state index contributed by atoms with van der Waals surface area (Å²) in [5.74, 6) is -2.18. The zero-order valence-corrected chi connectivity index (χ0v) is 11.6. The number of ketones is 1. The normalized spacial score (nSPS) is 10.2. The number of halogens is 2. The summed E-state index contributed by atoms with van der Waals surface area (Å²) in [5.41, 5.74) is 5.07. The molecule has 6 heteroatoms. The van der Waals surface area contributed by atoms with E-state index in [1.165, 1.54) is 18.2 Å². The minimum Gasteiger partial charge on any atom is -0.484 e. The van der Waals surface area contributed by atoms with Crippen molar-refractivity contribution in [1.29, 1.82) is 0 Å². The molecule has 0 spiro atoms. The first kappa shape index (κ1) is 15.0. The summed E-state index contributed by atoms with van der Waals surface area (Å²) >= 11 is 5.79. The highest BCUT2D eigenvalue weighted by atomic mass is 35.5. The van der Waals surface area contributed by atoms with Crippen molar-refractivity contribution < 1.29 is 18.7 Å². The minimum absolute atomic E-state index is 0.0714. The molecule has 0 atom stereocenters. The first-order valence-corrected chi connectivity index (χ1v) is 6.36. The molecule has 0 aliphatic rings. The fraction of sp³-hybridized carbons (Fsp3) is 0.0667. The van der Waals surface area contributed by atoms with Crippen molar-refractivity contribution in [2.45, 2.75) is 0 Å². The summed E-state index contributed by atoms with van der Waals surface area (Å²) in [6.07, 6.45) is 0. The molecule has 0 heterocycles. The summed E-state index contributed by atoms with van der Waals surface area (Å²) in [7, 11) is 0. The van der Waals surface area contributed by atoms with Crippen molar-refractivity contribution in [3.63, 3.8) is 0 Å². The van der Waals surface area contributed by atoms with E-state index < -0.39 is 11.7 Å². The van der Waals surface area contributed by atoms with Crippen LogP contribution in [-0.4, -0.2) is 18.3 Å². The molecule has 0 unspecified atom stereocenters.